The van der Waals surface area contributed by atoms with Gasteiger partial charge >= 0.3 is 5.97 Å². The van der Waals surface area contributed by atoms with E-state index in [4.69, 9.17) is 10.4 Å². The molecule has 1 unspecified atom stereocenters. The molecule has 0 radical (unpaired) electrons. The van der Waals surface area contributed by atoms with Crippen molar-refractivity contribution < 1.29 is 9.90 Å². The number of benzene rings is 1. The van der Waals surface area contributed by atoms with Crippen LogP contribution in [0.25, 0.3) is 0 Å². The van der Waals surface area contributed by atoms with Crippen LogP contribution in [0, 0.1) is 11.3 Å². The van der Waals surface area contributed by atoms with Crippen LogP contribution in [0.3, 0.4) is 0 Å². The number of nitriles is 1. The standard InChI is InChI=1S/C11H10N2S.C3H6O2/c12-7-10(14)11-9-4-2-1-3-8(9)5-6-13-11;1-2-3(4)5/h1-4,10,14H,5-6H2;2H2,1H3,(H,4,5). The van der Waals surface area contributed by atoms with Crippen molar-refractivity contribution in [2.45, 2.75) is 25.0 Å². The van der Waals surface area contributed by atoms with Crippen LogP contribution in [0.15, 0.2) is 29.3 Å². The first-order valence-corrected chi connectivity index (χ1v) is 6.53. The molecule has 4 nitrogen and oxygen atoms in total. The summed E-state index contributed by atoms with van der Waals surface area (Å²) in [6.45, 7) is 2.37. The molecule has 0 spiro atoms. The van der Waals surface area contributed by atoms with Crippen molar-refractivity contribution in [3.05, 3.63) is 35.4 Å². The molecule has 2 rings (SSSR count). The monoisotopic (exact) mass is 276 g/mol. The second-order valence-corrected chi connectivity index (χ2v) is 4.47. The van der Waals surface area contributed by atoms with Crippen molar-refractivity contribution in [2.24, 2.45) is 4.99 Å². The summed E-state index contributed by atoms with van der Waals surface area (Å²) in [6, 6.07) is 10.2. The Balaban J connectivity index is 0.000000312. The van der Waals surface area contributed by atoms with Gasteiger partial charge < -0.3 is 5.11 Å². The highest BCUT2D eigenvalue weighted by molar-refractivity contribution is 7.82. The Morgan fingerprint density at radius 1 is 1.58 bits per heavy atom. The van der Waals surface area contributed by atoms with Crippen LogP contribution in [0.5, 0.6) is 0 Å². The molecule has 5 heteroatoms. The van der Waals surface area contributed by atoms with Crippen molar-refractivity contribution in [3.63, 3.8) is 0 Å². The summed E-state index contributed by atoms with van der Waals surface area (Å²) in [5.41, 5.74) is 3.17. The van der Waals surface area contributed by atoms with Gasteiger partial charge in [-0.25, -0.2) is 0 Å². The molecule has 0 aromatic heterocycles. The molecule has 1 aliphatic rings. The Bertz CT molecular complexity index is 520. The normalized spacial score (nSPS) is 14.1. The molecule has 0 fully saturated rings. The molecule has 1 aromatic rings. The number of fused-ring (bicyclic) bond motifs is 1. The summed E-state index contributed by atoms with van der Waals surface area (Å²) in [6.07, 6.45) is 1.19. The van der Waals surface area contributed by atoms with E-state index in [-0.39, 0.29) is 6.42 Å². The third-order valence-electron chi connectivity index (χ3n) is 2.64. The lowest BCUT2D eigenvalue weighted by Crippen LogP contribution is -2.20. The van der Waals surface area contributed by atoms with Gasteiger partial charge in [0.25, 0.3) is 0 Å². The molecule has 0 bridgehead atoms. The smallest absolute Gasteiger partial charge is 0.303 e. The van der Waals surface area contributed by atoms with Gasteiger partial charge in [-0.15, -0.1) is 0 Å². The molecule has 1 heterocycles. The number of aliphatic carboxylic acids is 1. The van der Waals surface area contributed by atoms with Crippen LogP contribution < -0.4 is 0 Å². The van der Waals surface area contributed by atoms with Crippen molar-refractivity contribution in [1.29, 1.82) is 5.26 Å². The van der Waals surface area contributed by atoms with E-state index in [1.54, 1.807) is 6.92 Å². The lowest BCUT2D eigenvalue weighted by atomic mass is 9.96. The van der Waals surface area contributed by atoms with Crippen molar-refractivity contribution in [2.75, 3.05) is 6.54 Å². The average Bonchev–Trinajstić information content (AvgIpc) is 2.46. The zero-order chi connectivity index (χ0) is 14.3. The highest BCUT2D eigenvalue weighted by Gasteiger charge is 2.18. The number of hydrogen-bond donors (Lipinski definition) is 2. The van der Waals surface area contributed by atoms with Gasteiger partial charge in [-0.2, -0.15) is 17.9 Å². The van der Waals surface area contributed by atoms with Gasteiger partial charge in [-0.05, 0) is 12.0 Å². The lowest BCUT2D eigenvalue weighted by molar-refractivity contribution is -0.136. The van der Waals surface area contributed by atoms with Crippen LogP contribution in [-0.2, 0) is 11.2 Å². The van der Waals surface area contributed by atoms with Crippen LogP contribution in [0.1, 0.15) is 24.5 Å². The summed E-state index contributed by atoms with van der Waals surface area (Å²) in [7, 11) is 0. The molecule has 19 heavy (non-hydrogen) atoms. The van der Waals surface area contributed by atoms with Gasteiger partial charge in [0.2, 0.25) is 0 Å². The van der Waals surface area contributed by atoms with E-state index in [9.17, 15) is 4.79 Å². The Labute approximate surface area is 118 Å². The van der Waals surface area contributed by atoms with Gasteiger partial charge in [0.05, 0.1) is 11.8 Å². The number of rotatable bonds is 2. The molecule has 0 amide bonds. The van der Waals surface area contributed by atoms with Gasteiger partial charge in [-0.3, -0.25) is 9.79 Å². The summed E-state index contributed by atoms with van der Waals surface area (Å²) >= 11 is 4.21. The topological polar surface area (TPSA) is 73.4 Å². The molecular formula is C14H16N2O2S. The molecular weight excluding hydrogens is 260 g/mol. The number of carbonyl (C=O) groups is 1. The average molecular weight is 276 g/mol. The Kier molecular flexibility index (Phi) is 6.10. The minimum Gasteiger partial charge on any atom is -0.481 e. The Hall–Kier alpha value is -1.80. The summed E-state index contributed by atoms with van der Waals surface area (Å²) in [5, 5.41) is 16.1. The maximum absolute atomic E-state index is 9.37. The maximum atomic E-state index is 9.37. The minimum absolute atomic E-state index is 0.222. The fourth-order valence-electron chi connectivity index (χ4n) is 1.67. The Morgan fingerprint density at radius 3 is 2.79 bits per heavy atom. The van der Waals surface area contributed by atoms with E-state index >= 15 is 0 Å². The molecule has 0 saturated heterocycles. The molecule has 0 aliphatic carbocycles. The van der Waals surface area contributed by atoms with Crippen LogP contribution in [0.4, 0.5) is 0 Å². The summed E-state index contributed by atoms with van der Waals surface area (Å²) in [5.74, 6) is -0.745. The second-order valence-electron chi connectivity index (χ2n) is 3.95. The number of carboxylic acid groups (broad SMARTS) is 1. The summed E-state index contributed by atoms with van der Waals surface area (Å²) < 4.78 is 0. The largest absolute Gasteiger partial charge is 0.481 e. The van der Waals surface area contributed by atoms with Crippen molar-refractivity contribution >= 4 is 24.3 Å². The lowest BCUT2D eigenvalue weighted by Gasteiger charge is -2.17. The third-order valence-corrected chi connectivity index (χ3v) is 3.00. The van der Waals surface area contributed by atoms with E-state index in [0.717, 1.165) is 24.2 Å². The number of carboxylic acids is 1. The fourth-order valence-corrected chi connectivity index (χ4v) is 1.89. The zero-order valence-electron chi connectivity index (χ0n) is 10.7. The highest BCUT2D eigenvalue weighted by Crippen LogP contribution is 2.19. The molecule has 0 saturated carbocycles. The molecule has 1 aromatic carbocycles. The quantitative estimate of drug-likeness (QED) is 0.814. The van der Waals surface area contributed by atoms with Crippen LogP contribution >= 0.6 is 12.6 Å². The predicted molar refractivity (Wildman–Crippen MR) is 77.9 cm³/mol. The number of thiol groups is 1. The molecule has 1 atom stereocenters. The van der Waals surface area contributed by atoms with E-state index in [1.807, 2.05) is 18.2 Å². The van der Waals surface area contributed by atoms with E-state index in [2.05, 4.69) is 29.8 Å². The van der Waals surface area contributed by atoms with Crippen molar-refractivity contribution in [3.8, 4) is 6.07 Å². The second kappa shape index (κ2) is 7.59. The van der Waals surface area contributed by atoms with Crippen LogP contribution in [0.2, 0.25) is 0 Å². The third kappa shape index (κ3) is 4.42. The molecule has 100 valence electrons. The number of hydrogen-bond acceptors (Lipinski definition) is 4. The van der Waals surface area contributed by atoms with E-state index in [0.29, 0.717) is 0 Å². The van der Waals surface area contributed by atoms with Crippen molar-refractivity contribution in [1.82, 2.24) is 0 Å². The molecule has 1 aliphatic heterocycles. The highest BCUT2D eigenvalue weighted by atomic mass is 32.1. The maximum Gasteiger partial charge on any atom is 0.303 e. The molecule has 1 N–H and O–H groups in total. The SMILES string of the molecule is CCC(=O)O.N#CC(S)C1=NCCc2ccccc21. The first kappa shape index (κ1) is 15.3. The predicted octanol–water partition coefficient (Wildman–Crippen LogP) is 2.33. The zero-order valence-corrected chi connectivity index (χ0v) is 11.6. The van der Waals surface area contributed by atoms with E-state index in [1.165, 1.54) is 5.56 Å². The fraction of sp³-hybridized carbons (Fsp3) is 0.357. The van der Waals surface area contributed by atoms with E-state index < -0.39 is 11.2 Å². The van der Waals surface area contributed by atoms with Gasteiger partial charge in [0, 0.05) is 18.5 Å². The first-order valence-electron chi connectivity index (χ1n) is 6.02. The van der Waals surface area contributed by atoms with Gasteiger partial charge in [0.1, 0.15) is 5.25 Å². The number of aliphatic imine (C=N–C) groups is 1. The first-order chi connectivity index (χ1) is 9.10. The number of nitrogens with zero attached hydrogens (tertiary/aromatic N) is 2. The van der Waals surface area contributed by atoms with Crippen LogP contribution in [-0.4, -0.2) is 28.6 Å². The van der Waals surface area contributed by atoms with Gasteiger partial charge in [0.15, 0.2) is 0 Å². The summed E-state index contributed by atoms with van der Waals surface area (Å²) in [4.78, 5) is 13.7. The minimum atomic E-state index is -0.745. The Morgan fingerprint density at radius 2 is 2.21 bits per heavy atom. The van der Waals surface area contributed by atoms with Gasteiger partial charge in [-0.1, -0.05) is 31.2 Å².